The summed E-state index contributed by atoms with van der Waals surface area (Å²) in [4.78, 5) is 37.6. The van der Waals surface area contributed by atoms with E-state index in [9.17, 15) is 14.4 Å². The van der Waals surface area contributed by atoms with Crippen molar-refractivity contribution in [2.45, 2.75) is 6.92 Å². The number of methoxy groups -OCH3 is 2. The monoisotopic (exact) mass is 400 g/mol. The highest BCUT2D eigenvalue weighted by Gasteiger charge is 2.17. The van der Waals surface area contributed by atoms with Crippen molar-refractivity contribution in [2.75, 3.05) is 39.7 Å². The van der Waals surface area contributed by atoms with E-state index < -0.39 is 18.5 Å². The molecule has 0 aromatic heterocycles. The summed E-state index contributed by atoms with van der Waals surface area (Å²) in [6, 6.07) is 11.7. The number of hydrogen-bond donors (Lipinski definition) is 1. The molecule has 0 spiro atoms. The Hall–Kier alpha value is -3.55. The SMILES string of the molecule is COc1cccc(NC(=O)CN(C)C(=O)COC(=O)c2ccc(C)c(OC)c2)c1. The number of amides is 2. The number of ether oxygens (including phenoxy) is 3. The van der Waals surface area contributed by atoms with Crippen molar-refractivity contribution in [3.8, 4) is 11.5 Å². The van der Waals surface area contributed by atoms with E-state index in [1.807, 2.05) is 6.92 Å². The molecule has 0 heterocycles. The largest absolute Gasteiger partial charge is 0.497 e. The van der Waals surface area contributed by atoms with Gasteiger partial charge in [0.1, 0.15) is 11.5 Å². The molecule has 2 aromatic carbocycles. The van der Waals surface area contributed by atoms with Gasteiger partial charge in [-0.25, -0.2) is 4.79 Å². The highest BCUT2D eigenvalue weighted by molar-refractivity contribution is 5.95. The summed E-state index contributed by atoms with van der Waals surface area (Å²) in [5.41, 5.74) is 1.70. The van der Waals surface area contributed by atoms with Gasteiger partial charge < -0.3 is 24.4 Å². The molecule has 8 heteroatoms. The summed E-state index contributed by atoms with van der Waals surface area (Å²) < 4.78 is 15.3. The van der Waals surface area contributed by atoms with Crippen LogP contribution in [0.5, 0.6) is 11.5 Å². The number of likely N-dealkylation sites (N-methyl/N-ethyl adjacent to an activating group) is 1. The van der Waals surface area contributed by atoms with Crippen LogP contribution in [0.3, 0.4) is 0 Å². The third kappa shape index (κ3) is 6.24. The number of carbonyl (C=O) groups excluding carboxylic acids is 3. The molecule has 0 atom stereocenters. The van der Waals surface area contributed by atoms with E-state index >= 15 is 0 Å². The lowest BCUT2D eigenvalue weighted by Gasteiger charge is -2.17. The highest BCUT2D eigenvalue weighted by atomic mass is 16.5. The van der Waals surface area contributed by atoms with Gasteiger partial charge in [-0.1, -0.05) is 12.1 Å². The number of aryl methyl sites for hydroxylation is 1. The Bertz CT molecular complexity index is 896. The number of nitrogens with zero attached hydrogens (tertiary/aromatic N) is 1. The first kappa shape index (κ1) is 21.7. The number of anilines is 1. The maximum absolute atomic E-state index is 12.2. The van der Waals surface area contributed by atoms with Gasteiger partial charge in [0.05, 0.1) is 26.3 Å². The van der Waals surface area contributed by atoms with Crippen LogP contribution < -0.4 is 14.8 Å². The second-order valence-electron chi connectivity index (χ2n) is 6.29. The Morgan fingerprint density at radius 2 is 1.79 bits per heavy atom. The van der Waals surface area contributed by atoms with Crippen LogP contribution in [0.2, 0.25) is 0 Å². The zero-order chi connectivity index (χ0) is 21.4. The summed E-state index contributed by atoms with van der Waals surface area (Å²) in [5.74, 6) is -0.378. The molecular weight excluding hydrogens is 376 g/mol. The molecule has 0 aliphatic heterocycles. The molecule has 0 bridgehead atoms. The second kappa shape index (κ2) is 10.1. The lowest BCUT2D eigenvalue weighted by molar-refractivity contribution is -0.136. The quantitative estimate of drug-likeness (QED) is 0.683. The summed E-state index contributed by atoms with van der Waals surface area (Å²) in [6.07, 6.45) is 0. The fraction of sp³-hybridized carbons (Fsp3) is 0.286. The molecule has 0 aliphatic carbocycles. The molecule has 8 nitrogen and oxygen atoms in total. The summed E-state index contributed by atoms with van der Waals surface area (Å²) in [5, 5.41) is 2.68. The molecule has 2 rings (SSSR count). The Balaban J connectivity index is 1.85. The van der Waals surface area contributed by atoms with Crippen molar-refractivity contribution in [1.82, 2.24) is 4.90 Å². The third-order valence-electron chi connectivity index (χ3n) is 4.13. The summed E-state index contributed by atoms with van der Waals surface area (Å²) in [7, 11) is 4.49. The van der Waals surface area contributed by atoms with E-state index in [0.717, 1.165) is 5.56 Å². The van der Waals surface area contributed by atoms with E-state index in [4.69, 9.17) is 14.2 Å². The molecule has 0 saturated heterocycles. The molecule has 0 aliphatic rings. The van der Waals surface area contributed by atoms with E-state index in [-0.39, 0.29) is 18.0 Å². The minimum Gasteiger partial charge on any atom is -0.497 e. The van der Waals surface area contributed by atoms with Crippen LogP contribution in [0.4, 0.5) is 5.69 Å². The van der Waals surface area contributed by atoms with Crippen molar-refractivity contribution in [3.63, 3.8) is 0 Å². The normalized spacial score (nSPS) is 10.1. The molecule has 154 valence electrons. The van der Waals surface area contributed by atoms with Gasteiger partial charge in [0.15, 0.2) is 6.61 Å². The van der Waals surface area contributed by atoms with E-state index in [1.54, 1.807) is 42.5 Å². The van der Waals surface area contributed by atoms with Gasteiger partial charge >= 0.3 is 5.97 Å². The standard InChI is InChI=1S/C21H24N2O6/c1-14-8-9-15(10-18(14)28-4)21(26)29-13-20(25)23(2)12-19(24)22-16-6-5-7-17(11-16)27-3/h5-11H,12-13H2,1-4H3,(H,22,24). The predicted molar refractivity (Wildman–Crippen MR) is 107 cm³/mol. The molecule has 0 fully saturated rings. The minimum atomic E-state index is -0.647. The van der Waals surface area contributed by atoms with Crippen molar-refractivity contribution in [1.29, 1.82) is 0 Å². The van der Waals surface area contributed by atoms with Crippen molar-refractivity contribution in [3.05, 3.63) is 53.6 Å². The van der Waals surface area contributed by atoms with Crippen LogP contribution in [0.1, 0.15) is 15.9 Å². The number of benzene rings is 2. The number of carbonyl (C=O) groups is 3. The van der Waals surface area contributed by atoms with Crippen LogP contribution in [0, 0.1) is 6.92 Å². The van der Waals surface area contributed by atoms with Crippen LogP contribution in [-0.4, -0.2) is 57.1 Å². The smallest absolute Gasteiger partial charge is 0.338 e. The first-order valence-electron chi connectivity index (χ1n) is 8.83. The number of nitrogens with one attached hydrogen (secondary N) is 1. The number of esters is 1. The van der Waals surface area contributed by atoms with Gasteiger partial charge in [-0.2, -0.15) is 0 Å². The van der Waals surface area contributed by atoms with Gasteiger partial charge in [0.25, 0.3) is 5.91 Å². The topological polar surface area (TPSA) is 94.2 Å². The molecule has 2 aromatic rings. The molecular formula is C21H24N2O6. The highest BCUT2D eigenvalue weighted by Crippen LogP contribution is 2.19. The molecule has 29 heavy (non-hydrogen) atoms. The van der Waals surface area contributed by atoms with Crippen LogP contribution in [-0.2, 0) is 14.3 Å². The third-order valence-corrected chi connectivity index (χ3v) is 4.13. The summed E-state index contributed by atoms with van der Waals surface area (Å²) >= 11 is 0. The van der Waals surface area contributed by atoms with Gasteiger partial charge in [-0.15, -0.1) is 0 Å². The van der Waals surface area contributed by atoms with Crippen molar-refractivity contribution in [2.24, 2.45) is 0 Å². The number of hydrogen-bond acceptors (Lipinski definition) is 6. The van der Waals surface area contributed by atoms with Gasteiger partial charge in [0.2, 0.25) is 5.91 Å². The molecule has 2 amide bonds. The molecule has 0 saturated carbocycles. The van der Waals surface area contributed by atoms with Crippen molar-refractivity contribution >= 4 is 23.5 Å². The Kier molecular flexibility index (Phi) is 7.59. The van der Waals surface area contributed by atoms with Crippen LogP contribution in [0.15, 0.2) is 42.5 Å². The fourth-order valence-electron chi connectivity index (χ4n) is 2.47. The van der Waals surface area contributed by atoms with Crippen LogP contribution in [0.25, 0.3) is 0 Å². The van der Waals surface area contributed by atoms with Crippen molar-refractivity contribution < 1.29 is 28.6 Å². The average Bonchev–Trinajstić information content (AvgIpc) is 2.71. The molecule has 0 unspecified atom stereocenters. The lowest BCUT2D eigenvalue weighted by Crippen LogP contribution is -2.37. The van der Waals surface area contributed by atoms with Gasteiger partial charge in [-0.05, 0) is 36.8 Å². The van der Waals surface area contributed by atoms with E-state index in [0.29, 0.717) is 17.2 Å². The van der Waals surface area contributed by atoms with Gasteiger partial charge in [-0.3, -0.25) is 9.59 Å². The maximum atomic E-state index is 12.2. The second-order valence-corrected chi connectivity index (χ2v) is 6.29. The maximum Gasteiger partial charge on any atom is 0.338 e. The van der Waals surface area contributed by atoms with E-state index in [2.05, 4.69) is 5.32 Å². The average molecular weight is 400 g/mol. The molecule has 0 radical (unpaired) electrons. The lowest BCUT2D eigenvalue weighted by atomic mass is 10.1. The Morgan fingerprint density at radius 1 is 1.03 bits per heavy atom. The van der Waals surface area contributed by atoms with Crippen LogP contribution >= 0.6 is 0 Å². The zero-order valence-electron chi connectivity index (χ0n) is 16.9. The predicted octanol–water partition coefficient (Wildman–Crippen LogP) is 2.27. The minimum absolute atomic E-state index is 0.189. The first-order chi connectivity index (χ1) is 13.8. The Morgan fingerprint density at radius 3 is 2.48 bits per heavy atom. The number of rotatable bonds is 8. The first-order valence-corrected chi connectivity index (χ1v) is 8.83. The fourth-order valence-corrected chi connectivity index (χ4v) is 2.47. The Labute approximate surface area is 169 Å². The van der Waals surface area contributed by atoms with E-state index in [1.165, 1.54) is 26.2 Å². The molecule has 1 N–H and O–H groups in total. The zero-order valence-corrected chi connectivity index (χ0v) is 16.9. The summed E-state index contributed by atoms with van der Waals surface area (Å²) in [6.45, 7) is 1.19. The van der Waals surface area contributed by atoms with Gasteiger partial charge in [0, 0.05) is 18.8 Å².